The Bertz CT molecular complexity index is 2080. The summed E-state index contributed by atoms with van der Waals surface area (Å²) in [4.78, 5) is 0. The van der Waals surface area contributed by atoms with Gasteiger partial charge in [0.2, 0.25) is 81.2 Å². The Morgan fingerprint density at radius 2 is 0.660 bits per heavy atom. The highest BCUT2D eigenvalue weighted by molar-refractivity contribution is 5.75. The fourth-order valence-electron chi connectivity index (χ4n) is 4.37. The van der Waals surface area contributed by atoms with Crippen LogP contribution in [0.15, 0.2) is 48.5 Å². The minimum atomic E-state index is -2.62. The molecule has 0 aliphatic rings. The fourth-order valence-corrected chi connectivity index (χ4v) is 4.37. The van der Waals surface area contributed by atoms with E-state index >= 15 is 17.6 Å². The van der Waals surface area contributed by atoms with Gasteiger partial charge in [0.15, 0.2) is 11.5 Å². The van der Waals surface area contributed by atoms with Crippen molar-refractivity contribution in [1.82, 2.24) is 0 Å². The molecule has 0 atom stereocenters. The van der Waals surface area contributed by atoms with Crippen molar-refractivity contribution in [2.45, 2.75) is 13.8 Å². The maximum Gasteiger partial charge on any atom is 0.218 e. The van der Waals surface area contributed by atoms with Gasteiger partial charge in [0, 0.05) is 0 Å². The zero-order chi connectivity index (χ0) is 36.6. The van der Waals surface area contributed by atoms with Crippen LogP contribution in [0.1, 0.15) is 22.3 Å². The lowest BCUT2D eigenvalue weighted by atomic mass is 10.0. The second kappa shape index (κ2) is 13.6. The molecule has 0 N–H and O–H groups in total. The van der Waals surface area contributed by atoms with Gasteiger partial charge in [-0.05, 0) is 37.1 Å². The molecule has 5 aromatic rings. The third-order valence-electron chi connectivity index (χ3n) is 6.90. The van der Waals surface area contributed by atoms with E-state index in [1.807, 2.05) is 0 Å². The first kappa shape index (κ1) is 34.9. The van der Waals surface area contributed by atoms with Gasteiger partial charge < -0.3 is 18.9 Å². The molecule has 0 spiro atoms. The molecule has 0 radical (unpaired) electrons. The van der Waals surface area contributed by atoms with E-state index in [9.17, 15) is 36.9 Å². The summed E-state index contributed by atoms with van der Waals surface area (Å²) in [7, 11) is 0. The van der Waals surface area contributed by atoms with Crippen LogP contribution >= 0.6 is 0 Å². The van der Waals surface area contributed by atoms with Gasteiger partial charge in [0.25, 0.3) is 0 Å². The van der Waals surface area contributed by atoms with E-state index in [1.54, 1.807) is 12.1 Å². The van der Waals surface area contributed by atoms with Crippen LogP contribution in [0.4, 0.5) is 43.9 Å². The smallest absolute Gasteiger partial charge is 0.218 e. The molecule has 5 rings (SSSR count). The van der Waals surface area contributed by atoms with E-state index in [-0.39, 0.29) is 22.6 Å². The maximum atomic E-state index is 15.0. The third-order valence-corrected chi connectivity index (χ3v) is 6.90. The zero-order valence-corrected chi connectivity index (χ0v) is 24.9. The normalized spacial score (nSPS) is 10.8. The van der Waals surface area contributed by atoms with Crippen molar-refractivity contribution in [1.29, 1.82) is 10.5 Å². The van der Waals surface area contributed by atoms with Gasteiger partial charge in [-0.3, -0.25) is 0 Å². The summed E-state index contributed by atoms with van der Waals surface area (Å²) in [5.74, 6) is -35.6. The number of ether oxygens (including phenoxy) is 4. The van der Waals surface area contributed by atoms with E-state index in [2.05, 4.69) is 0 Å². The summed E-state index contributed by atoms with van der Waals surface area (Å²) in [6, 6.07) is 14.2. The van der Waals surface area contributed by atoms with Crippen LogP contribution in [0.2, 0.25) is 0 Å². The van der Waals surface area contributed by atoms with Gasteiger partial charge in [-0.1, -0.05) is 36.4 Å². The van der Waals surface area contributed by atoms with Gasteiger partial charge in [0.05, 0.1) is 0 Å². The molecule has 6 nitrogen and oxygen atoms in total. The SMILES string of the molecule is Cc1ccccc1Oc1c(C#N)c(C#N)c(Oc2ccccc2C)c(Oc2c(F)c(F)c(F)c(F)c2F)c1Oc1c(F)c(F)c(F)c(F)c1F. The van der Waals surface area contributed by atoms with Crippen molar-refractivity contribution in [2.75, 3.05) is 0 Å². The third kappa shape index (κ3) is 5.92. The second-order valence-corrected chi connectivity index (χ2v) is 10.0. The van der Waals surface area contributed by atoms with Crippen molar-refractivity contribution >= 4 is 0 Å². The maximum absolute atomic E-state index is 15.0. The first-order valence-corrected chi connectivity index (χ1v) is 13.6. The summed E-state index contributed by atoms with van der Waals surface area (Å²) in [5.41, 5.74) is -1.33. The number of para-hydroxylation sites is 2. The number of nitriles is 2. The van der Waals surface area contributed by atoms with Gasteiger partial charge >= 0.3 is 0 Å². The molecule has 0 unspecified atom stereocenters. The minimum Gasteiger partial charge on any atom is -0.452 e. The van der Waals surface area contributed by atoms with E-state index in [0.29, 0.717) is 0 Å². The monoisotopic (exact) mass is 704 g/mol. The van der Waals surface area contributed by atoms with Crippen LogP contribution in [0.25, 0.3) is 0 Å². The topological polar surface area (TPSA) is 84.5 Å². The van der Waals surface area contributed by atoms with Gasteiger partial charge in [-0.25, -0.2) is 26.3 Å². The van der Waals surface area contributed by atoms with Crippen molar-refractivity contribution in [3.63, 3.8) is 0 Å². The lowest BCUT2D eigenvalue weighted by molar-refractivity contribution is 0.299. The minimum absolute atomic E-state index is 0.204. The number of nitrogens with zero attached hydrogens (tertiary/aromatic N) is 2. The molecule has 0 amide bonds. The van der Waals surface area contributed by atoms with Crippen LogP contribution in [0.3, 0.4) is 0 Å². The summed E-state index contributed by atoms with van der Waals surface area (Å²) < 4.78 is 167. The molecule has 0 saturated carbocycles. The molecular formula is C34H14F10N2O4. The Morgan fingerprint density at radius 3 is 0.940 bits per heavy atom. The van der Waals surface area contributed by atoms with E-state index < -0.39 is 104 Å². The Kier molecular flexibility index (Phi) is 9.49. The average molecular weight is 704 g/mol. The van der Waals surface area contributed by atoms with E-state index in [0.717, 1.165) is 0 Å². The Morgan fingerprint density at radius 1 is 0.380 bits per heavy atom. The van der Waals surface area contributed by atoms with Gasteiger partial charge in [0.1, 0.15) is 34.8 Å². The summed E-state index contributed by atoms with van der Waals surface area (Å²) in [6.45, 7) is 2.89. The number of aryl methyl sites for hydroxylation is 2. The molecular weight excluding hydrogens is 690 g/mol. The zero-order valence-electron chi connectivity index (χ0n) is 24.9. The van der Waals surface area contributed by atoms with E-state index in [1.165, 1.54) is 62.4 Å². The molecule has 0 bridgehead atoms. The van der Waals surface area contributed by atoms with Gasteiger partial charge in [-0.15, -0.1) is 0 Å². The molecule has 16 heteroatoms. The highest BCUT2D eigenvalue weighted by atomic mass is 19.2. The van der Waals surface area contributed by atoms with E-state index in [4.69, 9.17) is 18.9 Å². The molecule has 0 fully saturated rings. The Labute approximate surface area is 274 Å². The van der Waals surface area contributed by atoms with Crippen LogP contribution in [0.5, 0.6) is 46.0 Å². The number of hydrogen-bond donors (Lipinski definition) is 0. The van der Waals surface area contributed by atoms with Crippen molar-refractivity contribution in [3.8, 4) is 58.1 Å². The lowest BCUT2D eigenvalue weighted by Gasteiger charge is -2.23. The summed E-state index contributed by atoms with van der Waals surface area (Å²) >= 11 is 0. The first-order valence-electron chi connectivity index (χ1n) is 13.6. The summed E-state index contributed by atoms with van der Waals surface area (Å²) in [6.07, 6.45) is 0. The second-order valence-electron chi connectivity index (χ2n) is 10.0. The Balaban J connectivity index is 1.98. The van der Waals surface area contributed by atoms with Crippen molar-refractivity contribution in [3.05, 3.63) is 129 Å². The molecule has 0 saturated heterocycles. The summed E-state index contributed by atoms with van der Waals surface area (Å²) in [5, 5.41) is 20.4. The average Bonchev–Trinajstić information content (AvgIpc) is 3.11. The first-order chi connectivity index (χ1) is 23.7. The number of hydrogen-bond acceptors (Lipinski definition) is 6. The molecule has 0 heterocycles. The fraction of sp³-hybridized carbons (Fsp3) is 0.0588. The standard InChI is InChI=1S/C34H14F10N2O4/c1-13-7-3-5-9-17(13)47-29-15(11-45)16(12-46)30(48-18-10-6-4-8-14(18)2)34(50-32-27(43)23(39)20(36)24(40)28(32)44)33(29)49-31-25(41)21(37)19(35)22(38)26(31)42/h3-10H,1-2H3. The molecule has 5 aromatic carbocycles. The Hall–Kier alpha value is -6.42. The van der Waals surface area contributed by atoms with Crippen LogP contribution in [-0.4, -0.2) is 0 Å². The molecule has 254 valence electrons. The van der Waals surface area contributed by atoms with Crippen LogP contribution < -0.4 is 18.9 Å². The quantitative estimate of drug-likeness (QED) is 0.0908. The molecule has 0 aromatic heterocycles. The number of benzene rings is 5. The highest BCUT2D eigenvalue weighted by Gasteiger charge is 2.37. The van der Waals surface area contributed by atoms with Crippen LogP contribution in [-0.2, 0) is 0 Å². The molecule has 0 aliphatic carbocycles. The van der Waals surface area contributed by atoms with Crippen molar-refractivity contribution in [2.24, 2.45) is 0 Å². The number of halogens is 10. The van der Waals surface area contributed by atoms with Crippen LogP contribution in [0, 0.1) is 94.7 Å². The molecule has 50 heavy (non-hydrogen) atoms. The largest absolute Gasteiger partial charge is 0.452 e. The van der Waals surface area contributed by atoms with Gasteiger partial charge in [-0.2, -0.15) is 28.1 Å². The highest BCUT2D eigenvalue weighted by Crippen LogP contribution is 2.56. The number of rotatable bonds is 8. The predicted molar refractivity (Wildman–Crippen MR) is 151 cm³/mol. The molecule has 0 aliphatic heterocycles. The van der Waals surface area contributed by atoms with Crippen molar-refractivity contribution < 1.29 is 62.9 Å². The predicted octanol–water partition coefficient (Wildman–Crippen LogP) is 10.6. The lowest BCUT2D eigenvalue weighted by Crippen LogP contribution is -2.09.